The van der Waals surface area contributed by atoms with Gasteiger partial charge in [0.05, 0.1) is 12.3 Å². The molecule has 2 aliphatic rings. The summed E-state index contributed by atoms with van der Waals surface area (Å²) < 4.78 is 31.9. The number of carbonyl (C=O) groups is 2. The van der Waals surface area contributed by atoms with E-state index in [1.807, 2.05) is 11.8 Å². The molecule has 0 unspecified atom stereocenters. The molecule has 0 radical (unpaired) electrons. The van der Waals surface area contributed by atoms with E-state index in [1.54, 1.807) is 6.07 Å². The molecule has 2 aliphatic heterocycles. The number of thioether (sulfide) groups is 1. The number of aliphatic carboxylic acids is 2. The Labute approximate surface area is 243 Å². The third-order valence-electron chi connectivity index (χ3n) is 6.87. The van der Waals surface area contributed by atoms with Crippen LogP contribution >= 0.6 is 11.8 Å². The number of fused-ring (bicyclic) bond motifs is 1. The Kier molecular flexibility index (Phi) is 13.3. The molecule has 1 fully saturated rings. The number of carboxylic acids is 2. The summed E-state index contributed by atoms with van der Waals surface area (Å²) >= 11 is 1.84. The van der Waals surface area contributed by atoms with Gasteiger partial charge in [0.25, 0.3) is 0 Å². The van der Waals surface area contributed by atoms with Crippen LogP contribution in [0.25, 0.3) is 0 Å². The van der Waals surface area contributed by atoms with E-state index in [4.69, 9.17) is 19.9 Å². The number of nitrogens with zero attached hydrogens (tertiary/aromatic N) is 3. The van der Waals surface area contributed by atoms with Crippen LogP contribution in [0.5, 0.6) is 0 Å². The van der Waals surface area contributed by atoms with Crippen molar-refractivity contribution in [2.45, 2.75) is 43.9 Å². The number of piperidine rings is 1. The molecule has 0 aliphatic carbocycles. The lowest BCUT2D eigenvalue weighted by atomic mass is 10.0. The highest BCUT2D eigenvalue weighted by Crippen LogP contribution is 2.32. The predicted octanol–water partition coefficient (Wildman–Crippen LogP) is 5.35. The fourth-order valence-electron chi connectivity index (χ4n) is 4.56. The number of halogens is 2. The molecule has 8 nitrogen and oxygen atoms in total. The normalized spacial score (nSPS) is 15.5. The molecule has 41 heavy (non-hydrogen) atoms. The van der Waals surface area contributed by atoms with Crippen LogP contribution in [-0.4, -0.2) is 83.1 Å². The minimum absolute atomic E-state index is 0.537. The maximum Gasteiger partial charge on any atom is 0.328 e. The van der Waals surface area contributed by atoms with Crippen molar-refractivity contribution in [1.29, 1.82) is 0 Å². The Morgan fingerprint density at radius 1 is 1.05 bits per heavy atom. The zero-order valence-corrected chi connectivity index (χ0v) is 24.0. The highest BCUT2D eigenvalue weighted by molar-refractivity contribution is 8.13. The van der Waals surface area contributed by atoms with Crippen LogP contribution in [0.1, 0.15) is 36.8 Å². The van der Waals surface area contributed by atoms with Crippen molar-refractivity contribution in [3.05, 3.63) is 77.4 Å². The fourth-order valence-corrected chi connectivity index (χ4v) is 5.60. The Balaban J connectivity index is 0.000000507. The Morgan fingerprint density at radius 3 is 2.44 bits per heavy atom. The summed E-state index contributed by atoms with van der Waals surface area (Å²) in [6.07, 6.45) is 6.19. The fraction of sp³-hybridized carbons (Fsp3) is 0.433. The summed E-state index contributed by atoms with van der Waals surface area (Å²) in [4.78, 5) is 28.9. The molecule has 0 saturated carbocycles. The van der Waals surface area contributed by atoms with Crippen LogP contribution in [0, 0.1) is 11.6 Å². The van der Waals surface area contributed by atoms with Crippen LogP contribution < -0.4 is 0 Å². The summed E-state index contributed by atoms with van der Waals surface area (Å²) in [6.45, 7) is 4.60. The third kappa shape index (κ3) is 11.3. The second-order valence-electron chi connectivity index (χ2n) is 9.82. The minimum Gasteiger partial charge on any atom is -0.478 e. The molecule has 0 amide bonds. The molecule has 2 aromatic carbocycles. The minimum atomic E-state index is -1.26. The topological polar surface area (TPSA) is 103 Å². The van der Waals surface area contributed by atoms with E-state index in [1.165, 1.54) is 30.5 Å². The van der Waals surface area contributed by atoms with Gasteiger partial charge >= 0.3 is 11.9 Å². The summed E-state index contributed by atoms with van der Waals surface area (Å²) in [5.74, 6) is -3.11. The molecule has 2 N–H and O–H groups in total. The van der Waals surface area contributed by atoms with Crippen molar-refractivity contribution in [1.82, 2.24) is 9.80 Å². The number of ether oxygens (including phenoxy) is 1. The van der Waals surface area contributed by atoms with Gasteiger partial charge in [-0.15, -0.1) is 0 Å². The summed E-state index contributed by atoms with van der Waals surface area (Å²) in [5.41, 5.74) is 3.20. The number of para-hydroxylation sites is 1. The number of hydrogen-bond acceptors (Lipinski definition) is 7. The summed E-state index contributed by atoms with van der Waals surface area (Å²) in [7, 11) is 2.19. The average molecular weight is 590 g/mol. The van der Waals surface area contributed by atoms with Crippen LogP contribution in [0.15, 0.2) is 59.6 Å². The van der Waals surface area contributed by atoms with Gasteiger partial charge in [-0.2, -0.15) is 0 Å². The van der Waals surface area contributed by atoms with Gasteiger partial charge in [-0.25, -0.2) is 23.4 Å². The molecule has 0 bridgehead atoms. The lowest BCUT2D eigenvalue weighted by Crippen LogP contribution is -2.45. The zero-order valence-electron chi connectivity index (χ0n) is 23.2. The highest BCUT2D eigenvalue weighted by atomic mass is 32.2. The molecule has 2 heterocycles. The van der Waals surface area contributed by atoms with Crippen molar-refractivity contribution < 1.29 is 33.3 Å². The summed E-state index contributed by atoms with van der Waals surface area (Å²) in [5, 5.41) is 16.8. The molecule has 222 valence electrons. The first-order chi connectivity index (χ1) is 19.7. The van der Waals surface area contributed by atoms with Gasteiger partial charge in [-0.05, 0) is 68.0 Å². The van der Waals surface area contributed by atoms with Gasteiger partial charge in [-0.1, -0.05) is 36.0 Å². The van der Waals surface area contributed by atoms with Crippen LogP contribution in [0.2, 0.25) is 0 Å². The van der Waals surface area contributed by atoms with E-state index in [0.29, 0.717) is 37.8 Å². The van der Waals surface area contributed by atoms with E-state index in [-0.39, 0.29) is 0 Å². The van der Waals surface area contributed by atoms with Crippen molar-refractivity contribution >= 4 is 34.6 Å². The first-order valence-corrected chi connectivity index (χ1v) is 14.6. The lowest BCUT2D eigenvalue weighted by Gasteiger charge is -2.38. The first-order valence-electron chi connectivity index (χ1n) is 13.6. The molecule has 0 atom stereocenters. The zero-order chi connectivity index (χ0) is 29.6. The van der Waals surface area contributed by atoms with Gasteiger partial charge in [0, 0.05) is 50.7 Å². The van der Waals surface area contributed by atoms with Crippen molar-refractivity contribution in [3.63, 3.8) is 0 Å². The third-order valence-corrected chi connectivity index (χ3v) is 7.96. The number of hydrogen-bond donors (Lipinski definition) is 2. The molecular formula is C30H37F2N3O5S. The second-order valence-corrected chi connectivity index (χ2v) is 10.8. The van der Waals surface area contributed by atoms with Gasteiger partial charge in [0.15, 0.2) is 16.8 Å². The smallest absolute Gasteiger partial charge is 0.328 e. The monoisotopic (exact) mass is 589 g/mol. The molecular weight excluding hydrogens is 552 g/mol. The number of unbranched alkanes of at least 4 members (excludes halogenated alkanes) is 1. The Bertz CT molecular complexity index is 1200. The van der Waals surface area contributed by atoms with Crippen LogP contribution in [-0.2, 0) is 26.5 Å². The van der Waals surface area contributed by atoms with Crippen molar-refractivity contribution in [2.75, 3.05) is 39.9 Å². The molecule has 1 saturated heterocycles. The number of likely N-dealkylation sites (tertiary alicyclic amines) is 1. The number of amidine groups is 1. The number of aliphatic imine (C=N–C) groups is 1. The largest absolute Gasteiger partial charge is 0.478 e. The van der Waals surface area contributed by atoms with E-state index < -0.39 is 23.6 Å². The molecule has 0 aromatic heterocycles. The SMILES string of the molecule is CN(C1=Nc2ccccc2CS1)C1CCN(CCCCOCCc2ccc(F)c(F)c2)CC1.O=C(O)C=CC(=O)O. The number of carboxylic acid groups (broad SMARTS) is 2. The second kappa shape index (κ2) is 16.9. The Hall–Kier alpha value is -3.28. The van der Waals surface area contributed by atoms with E-state index >= 15 is 0 Å². The van der Waals surface area contributed by atoms with Gasteiger partial charge in [0.2, 0.25) is 0 Å². The van der Waals surface area contributed by atoms with Crippen LogP contribution in [0.3, 0.4) is 0 Å². The first kappa shape index (κ1) is 32.2. The average Bonchev–Trinajstić information content (AvgIpc) is 2.97. The van der Waals surface area contributed by atoms with E-state index in [0.717, 1.165) is 54.6 Å². The van der Waals surface area contributed by atoms with Crippen molar-refractivity contribution in [2.24, 2.45) is 4.99 Å². The highest BCUT2D eigenvalue weighted by Gasteiger charge is 2.26. The molecule has 11 heteroatoms. The maximum atomic E-state index is 13.2. The quantitative estimate of drug-likeness (QED) is 0.267. The van der Waals surface area contributed by atoms with E-state index in [9.17, 15) is 18.4 Å². The predicted molar refractivity (Wildman–Crippen MR) is 157 cm³/mol. The number of rotatable bonds is 11. The van der Waals surface area contributed by atoms with Crippen LogP contribution in [0.4, 0.5) is 14.5 Å². The Morgan fingerprint density at radius 2 is 1.76 bits per heavy atom. The maximum absolute atomic E-state index is 13.2. The van der Waals surface area contributed by atoms with E-state index in [2.05, 4.69) is 41.1 Å². The molecule has 2 aromatic rings. The van der Waals surface area contributed by atoms with Crippen molar-refractivity contribution in [3.8, 4) is 0 Å². The lowest BCUT2D eigenvalue weighted by molar-refractivity contribution is -0.134. The number of benzene rings is 2. The summed E-state index contributed by atoms with van der Waals surface area (Å²) in [6, 6.07) is 13.0. The van der Waals surface area contributed by atoms with Gasteiger partial charge in [0.1, 0.15) is 0 Å². The van der Waals surface area contributed by atoms with Gasteiger partial charge < -0.3 is 24.7 Å². The molecule has 0 spiro atoms. The standard InChI is InChI=1S/C26H33F2N3OS.C4H4O4/c1-30(26-29-25-7-3-2-6-21(25)19-33-26)22-10-14-31(15-11-22)13-4-5-16-32-17-12-20-8-9-23(27)24(28)18-20;5-3(6)1-2-4(7)8/h2-3,6-9,18,22H,4-5,10-17,19H2,1H3;1-2H,(H,5,6)(H,7,8). The molecule has 4 rings (SSSR count). The van der Waals surface area contributed by atoms with Gasteiger partial charge in [-0.3, -0.25) is 0 Å².